The van der Waals surface area contributed by atoms with Gasteiger partial charge in [-0.2, -0.15) is 0 Å². The Balaban J connectivity index is -0.00000000167. The third kappa shape index (κ3) is 25.3. The average Bonchev–Trinajstić information content (AvgIpc) is 1.00. The van der Waals surface area contributed by atoms with Crippen LogP contribution in [0, 0.1) is 0 Å². The molecule has 3 radical (unpaired) electrons. The Morgan fingerprint density at radius 1 is 1.20 bits per heavy atom. The molecular formula is O2SnTiV+2. The Labute approximate surface area is 70.6 Å². The predicted molar refractivity (Wildman–Crippen MR) is 7.13 cm³/mol. The first-order chi connectivity index (χ1) is 1.00. The normalized spacial score (nSPS) is 0.800. The van der Waals surface area contributed by atoms with Crippen molar-refractivity contribution < 1.29 is 48.8 Å². The Morgan fingerprint density at radius 3 is 1.20 bits per heavy atom. The van der Waals surface area contributed by atoms with E-state index in [0.717, 1.165) is 0 Å². The van der Waals surface area contributed by atoms with Gasteiger partial charge < -0.3 is 5.48 Å². The molecule has 0 rings (SSSR count). The van der Waals surface area contributed by atoms with Gasteiger partial charge in [0.05, 0.1) is 0 Å². The zero-order valence-electron chi connectivity index (χ0n) is 2.26. The van der Waals surface area contributed by atoms with Crippen molar-refractivity contribution >= 4 is 22.5 Å². The summed E-state index contributed by atoms with van der Waals surface area (Å²) in [6, 6.07) is 0. The van der Waals surface area contributed by atoms with Gasteiger partial charge in [0.15, 0.2) is 0 Å². The van der Waals surface area contributed by atoms with Crippen molar-refractivity contribution in [2.75, 3.05) is 0 Å². The van der Waals surface area contributed by atoms with Crippen molar-refractivity contribution in [1.29, 1.82) is 0 Å². The second kappa shape index (κ2) is 40.1. The molecule has 5 heavy (non-hydrogen) atoms. The smallest absolute Gasteiger partial charge is 0 e. The summed E-state index contributed by atoms with van der Waals surface area (Å²) in [6.07, 6.45) is 0. The maximum atomic E-state index is 8.34. The molecule has 0 atom stereocenters. The quantitative estimate of drug-likeness (QED) is 0.528. The van der Waals surface area contributed by atoms with Gasteiger partial charge in [0.25, 0.3) is 0 Å². The van der Waals surface area contributed by atoms with Gasteiger partial charge in [-0.25, -0.2) is 0 Å². The number of rotatable bonds is 0. The zero-order valence-corrected chi connectivity index (χ0v) is 8.08. The van der Waals surface area contributed by atoms with Gasteiger partial charge in [-0.05, 0) is 0 Å². The fourth-order valence-corrected chi connectivity index (χ4v) is 0. The molecule has 0 saturated carbocycles. The summed E-state index contributed by atoms with van der Waals surface area (Å²) in [7, 11) is 0. The van der Waals surface area contributed by atoms with Crippen LogP contribution in [-0.2, 0) is 48.8 Å². The summed E-state index contributed by atoms with van der Waals surface area (Å²) in [5.41, 5.74) is 0. The Morgan fingerprint density at radius 2 is 1.20 bits per heavy atom. The largest absolute Gasteiger partial charge is 4.00 e. The Hall–Kier alpha value is 1.86. The SMILES string of the molecule is [O-2].[O]=[Sn].[Ti+4].[V]. The molecule has 0 aliphatic carbocycles. The van der Waals surface area contributed by atoms with E-state index >= 15 is 0 Å². The molecule has 0 fully saturated rings. The Kier molecular flexibility index (Phi) is 231. The van der Waals surface area contributed by atoms with E-state index in [9.17, 15) is 0 Å². The van der Waals surface area contributed by atoms with Crippen LogP contribution < -0.4 is 0 Å². The van der Waals surface area contributed by atoms with Crippen molar-refractivity contribution in [3.63, 3.8) is 0 Å². The van der Waals surface area contributed by atoms with Gasteiger partial charge in [-0.3, -0.25) is 0 Å². The summed E-state index contributed by atoms with van der Waals surface area (Å²) in [6.45, 7) is 0. The molecule has 0 N–H and O–H groups in total. The van der Waals surface area contributed by atoms with Gasteiger partial charge in [-0.15, -0.1) is 0 Å². The summed E-state index contributed by atoms with van der Waals surface area (Å²) >= 11 is 0.300. The molecule has 0 aromatic rings. The van der Waals surface area contributed by atoms with Gasteiger partial charge in [0.1, 0.15) is 0 Å². The first-order valence-corrected chi connectivity index (χ1v) is 1.37. The van der Waals surface area contributed by atoms with Gasteiger partial charge in [0, 0.05) is 18.6 Å². The molecule has 2 nitrogen and oxygen atoms in total. The van der Waals surface area contributed by atoms with Crippen molar-refractivity contribution in [3.8, 4) is 0 Å². The van der Waals surface area contributed by atoms with Crippen molar-refractivity contribution in [2.45, 2.75) is 0 Å². The van der Waals surface area contributed by atoms with Gasteiger partial charge in [0.2, 0.25) is 0 Å². The molecule has 0 aliphatic rings. The van der Waals surface area contributed by atoms with E-state index in [1.54, 1.807) is 0 Å². The molecule has 0 bridgehead atoms. The van der Waals surface area contributed by atoms with E-state index < -0.39 is 0 Å². The molecule has 0 spiro atoms. The maximum Gasteiger partial charge on any atom is 4.00 e. The van der Waals surface area contributed by atoms with Crippen LogP contribution in [0.5, 0.6) is 0 Å². The Bertz CT molecular complexity index is 9.61. The van der Waals surface area contributed by atoms with E-state index in [1.807, 2.05) is 0 Å². The first-order valence-electron chi connectivity index (χ1n) is 0.204. The second-order valence-corrected chi connectivity index (χ2v) is 0. The summed E-state index contributed by atoms with van der Waals surface area (Å²) < 4.78 is 8.34. The summed E-state index contributed by atoms with van der Waals surface area (Å²) in [5.74, 6) is 0. The fourth-order valence-electron chi connectivity index (χ4n) is 0. The molecule has 5 heteroatoms. The minimum atomic E-state index is 0. The molecule has 0 aromatic carbocycles. The minimum absolute atomic E-state index is 0. The third-order valence-electron chi connectivity index (χ3n) is 0. The fraction of sp³-hybridized carbons (Fsp3) is 0. The van der Waals surface area contributed by atoms with Gasteiger partial charge >= 0.3 is 47.3 Å². The van der Waals surface area contributed by atoms with Crippen LogP contribution in [0.1, 0.15) is 0 Å². The van der Waals surface area contributed by atoms with Crippen molar-refractivity contribution in [3.05, 3.63) is 0 Å². The van der Waals surface area contributed by atoms with Gasteiger partial charge in [-0.1, -0.05) is 0 Å². The van der Waals surface area contributed by atoms with E-state index in [0.29, 0.717) is 22.5 Å². The molecular weight excluding hydrogens is 250 g/mol. The van der Waals surface area contributed by atoms with Crippen molar-refractivity contribution in [2.24, 2.45) is 0 Å². The molecule has 0 aromatic heterocycles. The van der Waals surface area contributed by atoms with E-state index in [1.165, 1.54) is 0 Å². The van der Waals surface area contributed by atoms with Crippen LogP contribution in [0.25, 0.3) is 0 Å². The van der Waals surface area contributed by atoms with Crippen LogP contribution in [0.4, 0.5) is 0 Å². The van der Waals surface area contributed by atoms with E-state index in [2.05, 4.69) is 0 Å². The van der Waals surface area contributed by atoms with E-state index in [4.69, 9.17) is 3.08 Å². The minimum Gasteiger partial charge on any atom is 0 e. The monoisotopic (exact) mass is 251 g/mol. The van der Waals surface area contributed by atoms with Crippen LogP contribution in [0.15, 0.2) is 0 Å². The van der Waals surface area contributed by atoms with Crippen molar-refractivity contribution in [1.82, 2.24) is 0 Å². The molecule has 0 heterocycles. The molecule has 0 aliphatic heterocycles. The second-order valence-electron chi connectivity index (χ2n) is 0. The van der Waals surface area contributed by atoms with Crippen LogP contribution >= 0.6 is 0 Å². The molecule has 23 valence electrons. The molecule has 0 amide bonds. The third-order valence-corrected chi connectivity index (χ3v) is 0. The maximum absolute atomic E-state index is 8.34. The summed E-state index contributed by atoms with van der Waals surface area (Å²) in [5, 5.41) is 0. The molecule has 0 saturated heterocycles. The van der Waals surface area contributed by atoms with E-state index in [-0.39, 0.29) is 45.7 Å². The number of hydrogen-bond donors (Lipinski definition) is 0. The summed E-state index contributed by atoms with van der Waals surface area (Å²) in [4.78, 5) is 0. The number of hydrogen-bond acceptors (Lipinski definition) is 1. The average molecular weight is 250 g/mol. The topological polar surface area (TPSA) is 45.6 Å². The predicted octanol–water partition coefficient (Wildman–Crippen LogP) is -0.623. The zero-order chi connectivity index (χ0) is 2.00. The standard InChI is InChI=1S/2O.Sn.Ti.V/q;-2;;+4;. The van der Waals surface area contributed by atoms with Crippen LogP contribution in [-0.4, -0.2) is 22.5 Å². The van der Waals surface area contributed by atoms with Crippen LogP contribution in [0.3, 0.4) is 0 Å². The first kappa shape index (κ1) is 28.8. The molecule has 0 unspecified atom stereocenters. The van der Waals surface area contributed by atoms with Crippen LogP contribution in [0.2, 0.25) is 0 Å².